The number of esters is 1. The number of aryl methyl sites for hydroxylation is 2. The molecule has 246 valence electrons. The van der Waals surface area contributed by atoms with Crippen molar-refractivity contribution in [1.82, 2.24) is 8.97 Å². The SMILES string of the molecule is CCN(CC)c1ccc(C2(c3c(-c4ccccc4)c(C)n4c5ccccc5n(CC)c34)OC(=O)c3c(Cl)c(Cl)c(Cl)c(Cl)c32)c(OC)c1. The molecule has 1 aliphatic rings. The molecule has 10 heteroatoms. The summed E-state index contributed by atoms with van der Waals surface area (Å²) in [7, 11) is 1.61. The van der Waals surface area contributed by atoms with Gasteiger partial charge in [-0.15, -0.1) is 0 Å². The average molecular weight is 722 g/mol. The summed E-state index contributed by atoms with van der Waals surface area (Å²) in [6, 6.07) is 24.3. The Hall–Kier alpha value is -3.81. The van der Waals surface area contributed by atoms with Crippen molar-refractivity contribution in [2.24, 2.45) is 0 Å². The zero-order valence-corrected chi connectivity index (χ0v) is 30.2. The molecule has 4 aromatic carbocycles. The number of carbonyl (C=O) groups excluding carboxylic acids is 1. The van der Waals surface area contributed by atoms with Gasteiger partial charge in [-0.3, -0.25) is 4.40 Å². The molecule has 0 fully saturated rings. The van der Waals surface area contributed by atoms with E-state index in [1.807, 2.05) is 48.5 Å². The van der Waals surface area contributed by atoms with E-state index in [2.05, 4.69) is 65.8 Å². The molecule has 1 unspecified atom stereocenters. The van der Waals surface area contributed by atoms with Crippen molar-refractivity contribution >= 4 is 74.7 Å². The fourth-order valence-corrected chi connectivity index (χ4v) is 8.55. The van der Waals surface area contributed by atoms with Crippen LogP contribution in [0.15, 0.2) is 72.8 Å². The van der Waals surface area contributed by atoms with Crippen LogP contribution >= 0.6 is 46.4 Å². The standard InChI is InChI=1S/C38H33Cl4N3O3/c1-6-43(7-2)23-18-19-24(27(20-23)47-5)38(30-29(37(46)48-38)32(39)34(41)35(42)33(30)40)31-28(22-14-10-9-11-15-22)21(4)45-26-17-13-12-16-25(26)44(8-3)36(31)45/h9-20H,6-8H2,1-5H3. The minimum atomic E-state index is -1.67. The lowest BCUT2D eigenvalue weighted by atomic mass is 9.77. The summed E-state index contributed by atoms with van der Waals surface area (Å²) in [5.74, 6) is -0.158. The topological polar surface area (TPSA) is 48.1 Å². The van der Waals surface area contributed by atoms with Crippen LogP contribution in [0.2, 0.25) is 20.1 Å². The summed E-state index contributed by atoms with van der Waals surface area (Å²) in [6.07, 6.45) is 0. The Morgan fingerprint density at radius 3 is 2.08 bits per heavy atom. The minimum Gasteiger partial charge on any atom is -0.496 e. The lowest BCUT2D eigenvalue weighted by Gasteiger charge is -2.34. The molecule has 0 amide bonds. The maximum Gasteiger partial charge on any atom is 0.341 e. The number of benzene rings is 4. The number of aromatic nitrogens is 2. The third-order valence-corrected chi connectivity index (χ3v) is 11.3. The van der Waals surface area contributed by atoms with Crippen LogP contribution in [0, 0.1) is 6.92 Å². The third kappa shape index (κ3) is 4.42. The Kier molecular flexibility index (Phi) is 8.36. The first-order valence-corrected chi connectivity index (χ1v) is 17.4. The molecule has 0 aliphatic carbocycles. The van der Waals surface area contributed by atoms with Gasteiger partial charge in [0.05, 0.1) is 49.4 Å². The van der Waals surface area contributed by atoms with Crippen LogP contribution in [0.1, 0.15) is 53.5 Å². The molecule has 1 atom stereocenters. The Morgan fingerprint density at radius 2 is 1.44 bits per heavy atom. The number of methoxy groups -OCH3 is 1. The number of halogens is 4. The number of fused-ring (bicyclic) bond motifs is 4. The van der Waals surface area contributed by atoms with Crippen LogP contribution in [0.3, 0.4) is 0 Å². The molecular formula is C38H33Cl4N3O3. The fourth-order valence-electron chi connectivity index (χ4n) is 7.48. The molecule has 48 heavy (non-hydrogen) atoms. The van der Waals surface area contributed by atoms with E-state index in [9.17, 15) is 4.79 Å². The Bertz CT molecular complexity index is 2260. The highest BCUT2D eigenvalue weighted by atomic mass is 35.5. The van der Waals surface area contributed by atoms with E-state index in [0.29, 0.717) is 29.0 Å². The molecule has 6 aromatic rings. The van der Waals surface area contributed by atoms with Gasteiger partial charge in [0, 0.05) is 53.8 Å². The van der Waals surface area contributed by atoms with E-state index in [0.717, 1.165) is 52.3 Å². The zero-order chi connectivity index (χ0) is 34.1. The summed E-state index contributed by atoms with van der Waals surface area (Å²) in [5, 5.41) is 0.0869. The first-order chi connectivity index (χ1) is 23.2. The highest BCUT2D eigenvalue weighted by Gasteiger charge is 2.57. The second-order valence-electron chi connectivity index (χ2n) is 11.7. The van der Waals surface area contributed by atoms with Crippen LogP contribution in [0.25, 0.3) is 27.8 Å². The number of para-hydroxylation sites is 2. The lowest BCUT2D eigenvalue weighted by Crippen LogP contribution is -2.32. The van der Waals surface area contributed by atoms with Crippen LogP contribution in [-0.2, 0) is 16.9 Å². The first kappa shape index (κ1) is 32.7. The van der Waals surface area contributed by atoms with Crippen molar-refractivity contribution in [2.75, 3.05) is 25.1 Å². The second kappa shape index (κ2) is 12.3. The van der Waals surface area contributed by atoms with Crippen LogP contribution in [-0.4, -0.2) is 35.1 Å². The molecule has 2 aromatic heterocycles. The van der Waals surface area contributed by atoms with E-state index in [4.69, 9.17) is 55.9 Å². The van der Waals surface area contributed by atoms with Gasteiger partial charge in [-0.2, -0.15) is 0 Å². The van der Waals surface area contributed by atoms with Gasteiger partial charge in [0.2, 0.25) is 0 Å². The molecule has 0 N–H and O–H groups in total. The molecule has 1 aliphatic heterocycles. The number of hydrogen-bond acceptors (Lipinski definition) is 4. The monoisotopic (exact) mass is 719 g/mol. The van der Waals surface area contributed by atoms with E-state index in [1.54, 1.807) is 7.11 Å². The molecule has 0 radical (unpaired) electrons. The maximum absolute atomic E-state index is 14.3. The lowest BCUT2D eigenvalue weighted by molar-refractivity contribution is 0.0250. The molecular weight excluding hydrogens is 688 g/mol. The molecule has 0 saturated carbocycles. The number of imidazole rings is 1. The summed E-state index contributed by atoms with van der Waals surface area (Å²) in [5.41, 5.74) is 6.62. The van der Waals surface area contributed by atoms with Crippen molar-refractivity contribution in [2.45, 2.75) is 39.8 Å². The summed E-state index contributed by atoms with van der Waals surface area (Å²) >= 11 is 27.5. The van der Waals surface area contributed by atoms with Crippen molar-refractivity contribution in [3.05, 3.63) is 121 Å². The van der Waals surface area contributed by atoms with Gasteiger partial charge in [-0.25, -0.2) is 4.79 Å². The summed E-state index contributed by atoms with van der Waals surface area (Å²) in [6.45, 7) is 10.6. The smallest absolute Gasteiger partial charge is 0.341 e. The van der Waals surface area contributed by atoms with E-state index >= 15 is 0 Å². The van der Waals surface area contributed by atoms with Gasteiger partial charge < -0.3 is 18.9 Å². The second-order valence-corrected chi connectivity index (χ2v) is 13.2. The molecule has 3 heterocycles. The van der Waals surface area contributed by atoms with Crippen LogP contribution in [0.4, 0.5) is 5.69 Å². The van der Waals surface area contributed by atoms with Gasteiger partial charge >= 0.3 is 5.97 Å². The van der Waals surface area contributed by atoms with Gasteiger partial charge in [0.15, 0.2) is 5.60 Å². The Morgan fingerprint density at radius 1 is 0.792 bits per heavy atom. The van der Waals surface area contributed by atoms with E-state index < -0.39 is 11.6 Å². The van der Waals surface area contributed by atoms with Gasteiger partial charge in [-0.05, 0) is 57.5 Å². The third-order valence-electron chi connectivity index (χ3n) is 9.54. The van der Waals surface area contributed by atoms with Crippen molar-refractivity contribution in [1.29, 1.82) is 0 Å². The number of anilines is 1. The quantitative estimate of drug-likeness (QED) is 0.0892. The number of cyclic esters (lactones) is 1. The highest BCUT2D eigenvalue weighted by Crippen LogP contribution is 2.60. The van der Waals surface area contributed by atoms with Gasteiger partial charge in [-0.1, -0.05) is 88.9 Å². The molecule has 7 rings (SSSR count). The van der Waals surface area contributed by atoms with Gasteiger partial charge in [0.1, 0.15) is 11.4 Å². The molecule has 0 bridgehead atoms. The largest absolute Gasteiger partial charge is 0.496 e. The number of ether oxygens (including phenoxy) is 2. The fraction of sp³-hybridized carbons (Fsp3) is 0.237. The summed E-state index contributed by atoms with van der Waals surface area (Å²) in [4.78, 5) is 16.5. The predicted molar refractivity (Wildman–Crippen MR) is 197 cm³/mol. The van der Waals surface area contributed by atoms with Crippen molar-refractivity contribution in [3.63, 3.8) is 0 Å². The minimum absolute atomic E-state index is 0.0113. The first-order valence-electron chi connectivity index (χ1n) is 15.9. The normalized spacial score (nSPS) is 15.7. The summed E-state index contributed by atoms with van der Waals surface area (Å²) < 4.78 is 17.4. The Labute approximate surface area is 299 Å². The van der Waals surface area contributed by atoms with Gasteiger partial charge in [0.25, 0.3) is 0 Å². The van der Waals surface area contributed by atoms with Crippen LogP contribution in [0.5, 0.6) is 5.75 Å². The number of rotatable bonds is 8. The molecule has 0 spiro atoms. The molecule has 6 nitrogen and oxygen atoms in total. The molecule has 0 saturated heterocycles. The number of nitrogens with zero attached hydrogens (tertiary/aromatic N) is 3. The zero-order valence-electron chi connectivity index (χ0n) is 27.1. The van der Waals surface area contributed by atoms with Crippen molar-refractivity contribution in [3.8, 4) is 16.9 Å². The van der Waals surface area contributed by atoms with Crippen LogP contribution < -0.4 is 9.64 Å². The van der Waals surface area contributed by atoms with E-state index in [1.165, 1.54) is 0 Å². The number of hydrogen-bond donors (Lipinski definition) is 0. The van der Waals surface area contributed by atoms with Crippen molar-refractivity contribution < 1.29 is 14.3 Å². The highest BCUT2D eigenvalue weighted by molar-refractivity contribution is 6.53. The Balaban J connectivity index is 1.77. The number of carbonyl (C=O) groups is 1. The van der Waals surface area contributed by atoms with E-state index in [-0.39, 0.29) is 25.7 Å². The predicted octanol–water partition coefficient (Wildman–Crippen LogP) is 10.8. The average Bonchev–Trinajstić information content (AvgIpc) is 3.72. The maximum atomic E-state index is 14.3.